The molecule has 0 saturated carbocycles. The quantitative estimate of drug-likeness (QED) is 0.297. The van der Waals surface area contributed by atoms with Gasteiger partial charge >= 0.3 is 0 Å². The fourth-order valence-electron chi connectivity index (χ4n) is 3.91. The van der Waals surface area contributed by atoms with Gasteiger partial charge in [-0.25, -0.2) is 15.0 Å². The second-order valence-corrected chi connectivity index (χ2v) is 9.64. The summed E-state index contributed by atoms with van der Waals surface area (Å²) in [6.07, 6.45) is 6.83. The highest BCUT2D eigenvalue weighted by Crippen LogP contribution is 2.33. The molecule has 0 aromatic carbocycles. The summed E-state index contributed by atoms with van der Waals surface area (Å²) >= 11 is 7.89. The molecule has 35 heavy (non-hydrogen) atoms. The number of ketones is 1. The van der Waals surface area contributed by atoms with Gasteiger partial charge < -0.3 is 14.4 Å². The maximum atomic E-state index is 13.1. The average Bonchev–Trinajstić information content (AvgIpc) is 3.47. The second kappa shape index (κ2) is 11.2. The molecule has 0 bridgehead atoms. The largest absolute Gasteiger partial charge is 0.382 e. The van der Waals surface area contributed by atoms with E-state index in [1.807, 2.05) is 14.0 Å². The van der Waals surface area contributed by atoms with Gasteiger partial charge in [-0.05, 0) is 18.6 Å². The van der Waals surface area contributed by atoms with E-state index < -0.39 is 0 Å². The molecule has 0 aliphatic rings. The molecular weight excluding hydrogens is 490 g/mol. The summed E-state index contributed by atoms with van der Waals surface area (Å²) < 4.78 is 10.8. The Kier molecular flexibility index (Phi) is 8.01. The van der Waals surface area contributed by atoms with Crippen LogP contribution in [0.4, 0.5) is 5.69 Å². The molecule has 0 aliphatic heterocycles. The first-order valence-electron chi connectivity index (χ1n) is 10.9. The number of carbonyl (C=O) groups excluding carboxylic acids is 1. The number of fused-ring (bicyclic) bond motifs is 1. The summed E-state index contributed by atoms with van der Waals surface area (Å²) in [5.74, 6) is 0.415. The Hall–Kier alpha value is -2.99. The predicted octanol–water partition coefficient (Wildman–Crippen LogP) is 3.08. The van der Waals surface area contributed by atoms with Crippen LogP contribution in [0.2, 0.25) is 5.02 Å². The van der Waals surface area contributed by atoms with Gasteiger partial charge in [0, 0.05) is 52.1 Å². The third-order valence-electron chi connectivity index (χ3n) is 5.48. The van der Waals surface area contributed by atoms with Crippen LogP contribution in [-0.4, -0.2) is 76.3 Å². The van der Waals surface area contributed by atoms with Crippen LogP contribution >= 0.6 is 22.9 Å². The lowest BCUT2D eigenvalue weighted by atomic mass is 10.0. The molecule has 0 fully saturated rings. The Morgan fingerprint density at radius 1 is 1.14 bits per heavy atom. The van der Waals surface area contributed by atoms with Crippen molar-refractivity contribution in [2.24, 2.45) is 0 Å². The van der Waals surface area contributed by atoms with E-state index in [1.165, 1.54) is 16.1 Å². The van der Waals surface area contributed by atoms with Crippen molar-refractivity contribution in [3.8, 4) is 5.82 Å². The minimum absolute atomic E-state index is 0.00520. The maximum absolute atomic E-state index is 13.1. The summed E-state index contributed by atoms with van der Waals surface area (Å²) in [5.41, 5.74) is 3.14. The van der Waals surface area contributed by atoms with Gasteiger partial charge in [-0.3, -0.25) is 4.79 Å². The SMILES string of the molecule is COCC(COC)N(C)c1c(CC(=O)Cc2cnc(-n3nccn3)c(Cl)c2)cnc2sc(C)nc12. The van der Waals surface area contributed by atoms with E-state index in [4.69, 9.17) is 26.1 Å². The highest BCUT2D eigenvalue weighted by atomic mass is 35.5. The Balaban J connectivity index is 1.60. The number of hydrogen-bond donors (Lipinski definition) is 0. The van der Waals surface area contributed by atoms with Gasteiger partial charge in [-0.1, -0.05) is 22.9 Å². The second-order valence-electron chi connectivity index (χ2n) is 8.05. The number of pyridine rings is 2. The van der Waals surface area contributed by atoms with Crippen LogP contribution < -0.4 is 4.90 Å². The van der Waals surface area contributed by atoms with Crippen LogP contribution in [0, 0.1) is 6.92 Å². The number of nitrogens with zero attached hydrogens (tertiary/aromatic N) is 7. The Bertz CT molecular complexity index is 1310. The van der Waals surface area contributed by atoms with Gasteiger partial charge in [0.1, 0.15) is 16.1 Å². The summed E-state index contributed by atoms with van der Waals surface area (Å²) in [7, 11) is 5.28. The van der Waals surface area contributed by atoms with Crippen LogP contribution in [0.3, 0.4) is 0 Å². The molecule has 0 atom stereocenters. The van der Waals surface area contributed by atoms with Gasteiger partial charge in [-0.2, -0.15) is 10.2 Å². The van der Waals surface area contributed by atoms with Crippen molar-refractivity contribution in [3.63, 3.8) is 0 Å². The average molecular weight is 516 g/mol. The Morgan fingerprint density at radius 3 is 2.51 bits per heavy atom. The lowest BCUT2D eigenvalue weighted by Crippen LogP contribution is -2.39. The van der Waals surface area contributed by atoms with E-state index in [0.717, 1.165) is 26.6 Å². The number of likely N-dealkylation sites (N-methyl/N-ethyl adjacent to an activating group) is 1. The minimum Gasteiger partial charge on any atom is -0.382 e. The molecule has 0 aliphatic carbocycles. The maximum Gasteiger partial charge on any atom is 0.193 e. The molecular formula is C23H26ClN7O3S. The van der Waals surface area contributed by atoms with Crippen molar-refractivity contribution < 1.29 is 14.3 Å². The molecule has 4 aromatic heterocycles. The number of rotatable bonds is 11. The molecule has 12 heteroatoms. The lowest BCUT2D eigenvalue weighted by Gasteiger charge is -2.30. The van der Waals surface area contributed by atoms with E-state index in [9.17, 15) is 4.79 Å². The fraction of sp³-hybridized carbons (Fsp3) is 0.391. The number of halogens is 1. The van der Waals surface area contributed by atoms with Crippen LogP contribution in [0.1, 0.15) is 16.1 Å². The number of Topliss-reactive ketones (excluding diaryl/α,β-unsaturated/α-hetero) is 1. The first-order valence-corrected chi connectivity index (χ1v) is 12.1. The van der Waals surface area contributed by atoms with Gasteiger partial charge in [0.25, 0.3) is 0 Å². The van der Waals surface area contributed by atoms with Crippen molar-refractivity contribution in [1.82, 2.24) is 29.9 Å². The number of ether oxygens (including phenoxy) is 2. The first kappa shape index (κ1) is 25.1. The van der Waals surface area contributed by atoms with Gasteiger partial charge in [0.2, 0.25) is 0 Å². The molecule has 0 saturated heterocycles. The van der Waals surface area contributed by atoms with Crippen molar-refractivity contribution in [1.29, 1.82) is 0 Å². The Morgan fingerprint density at radius 2 is 1.86 bits per heavy atom. The number of aromatic nitrogens is 6. The fourth-order valence-corrected chi connectivity index (χ4v) is 4.94. The summed E-state index contributed by atoms with van der Waals surface area (Å²) in [5, 5.41) is 9.37. The normalized spacial score (nSPS) is 11.5. The number of carbonyl (C=O) groups is 1. The van der Waals surface area contributed by atoms with E-state index in [1.54, 1.807) is 45.1 Å². The number of hydrogen-bond acceptors (Lipinski definition) is 10. The van der Waals surface area contributed by atoms with Crippen molar-refractivity contribution >= 4 is 44.8 Å². The molecule has 4 aromatic rings. The zero-order chi connectivity index (χ0) is 24.9. The molecule has 184 valence electrons. The molecule has 0 unspecified atom stereocenters. The molecule has 0 spiro atoms. The standard InChI is InChI=1S/C23H26ClN7O3S/c1-14-29-20-21(30(2)17(12-33-3)13-34-4)16(11-26-23(20)35-14)9-18(32)7-15-8-19(24)22(25-10-15)31-27-5-6-28-31/h5-6,8,10-11,17H,7,9,12-13H2,1-4H3. The molecule has 10 nitrogen and oxygen atoms in total. The predicted molar refractivity (Wildman–Crippen MR) is 135 cm³/mol. The van der Waals surface area contributed by atoms with Crippen LogP contribution in [0.15, 0.2) is 30.9 Å². The van der Waals surface area contributed by atoms with Crippen molar-refractivity contribution in [3.05, 3.63) is 52.0 Å². The van der Waals surface area contributed by atoms with Gasteiger partial charge in [-0.15, -0.1) is 4.80 Å². The van der Waals surface area contributed by atoms with Crippen LogP contribution in [0.25, 0.3) is 16.2 Å². The number of methoxy groups -OCH3 is 2. The third kappa shape index (κ3) is 5.64. The zero-order valence-corrected chi connectivity index (χ0v) is 21.5. The summed E-state index contributed by atoms with van der Waals surface area (Å²) in [4.78, 5) is 31.0. The van der Waals surface area contributed by atoms with Crippen LogP contribution in [-0.2, 0) is 27.1 Å². The third-order valence-corrected chi connectivity index (χ3v) is 6.63. The van der Waals surface area contributed by atoms with E-state index in [0.29, 0.717) is 29.6 Å². The molecule has 0 amide bonds. The summed E-state index contributed by atoms with van der Waals surface area (Å²) in [6.45, 7) is 2.88. The smallest absolute Gasteiger partial charge is 0.193 e. The first-order chi connectivity index (χ1) is 16.9. The number of thiazole rings is 1. The minimum atomic E-state index is -0.0575. The monoisotopic (exact) mass is 515 g/mol. The highest BCUT2D eigenvalue weighted by Gasteiger charge is 2.24. The van der Waals surface area contributed by atoms with Gasteiger partial charge in [0.05, 0.1) is 47.4 Å². The van der Waals surface area contributed by atoms with E-state index in [-0.39, 0.29) is 24.7 Å². The topological polar surface area (TPSA) is 108 Å². The molecule has 4 heterocycles. The highest BCUT2D eigenvalue weighted by molar-refractivity contribution is 7.18. The summed E-state index contributed by atoms with van der Waals surface area (Å²) in [6, 6.07) is 1.66. The van der Waals surface area contributed by atoms with Crippen molar-refractivity contribution in [2.45, 2.75) is 25.8 Å². The lowest BCUT2D eigenvalue weighted by molar-refractivity contribution is -0.117. The van der Waals surface area contributed by atoms with Gasteiger partial charge in [0.15, 0.2) is 5.82 Å². The Labute approximate surface area is 211 Å². The van der Waals surface area contributed by atoms with Crippen molar-refractivity contribution in [2.75, 3.05) is 39.4 Å². The molecule has 0 N–H and O–H groups in total. The van der Waals surface area contributed by atoms with E-state index in [2.05, 4.69) is 25.1 Å². The zero-order valence-electron chi connectivity index (χ0n) is 19.9. The molecule has 0 radical (unpaired) electrons. The van der Waals surface area contributed by atoms with Crippen LogP contribution in [0.5, 0.6) is 0 Å². The van der Waals surface area contributed by atoms with E-state index >= 15 is 0 Å². The molecule has 4 rings (SSSR count). The number of aryl methyl sites for hydroxylation is 1. The number of anilines is 1.